The lowest BCUT2D eigenvalue weighted by atomic mass is 10.1. The van der Waals surface area contributed by atoms with Crippen LogP contribution in [0.1, 0.15) is 32.1 Å². The van der Waals surface area contributed by atoms with Crippen LogP contribution < -0.4 is 11.1 Å². The number of hydrogen-bond acceptors (Lipinski definition) is 4. The van der Waals surface area contributed by atoms with E-state index in [0.29, 0.717) is 6.54 Å². The van der Waals surface area contributed by atoms with E-state index in [2.05, 4.69) is 11.4 Å². The summed E-state index contributed by atoms with van der Waals surface area (Å²) in [5.74, 6) is 0. The van der Waals surface area contributed by atoms with Crippen LogP contribution in [0.2, 0.25) is 0 Å². The smallest absolute Gasteiger partial charge is 0.158 e. The van der Waals surface area contributed by atoms with Crippen LogP contribution in [0.5, 0.6) is 0 Å². The molecule has 17 heavy (non-hydrogen) atoms. The van der Waals surface area contributed by atoms with Crippen molar-refractivity contribution >= 4 is 0 Å². The van der Waals surface area contributed by atoms with Gasteiger partial charge >= 0.3 is 0 Å². The molecule has 1 unspecified atom stereocenters. The Morgan fingerprint density at radius 2 is 2.18 bits per heavy atom. The molecule has 0 bridgehead atoms. The molecule has 0 aromatic carbocycles. The van der Waals surface area contributed by atoms with Crippen LogP contribution in [0.25, 0.3) is 0 Å². The maximum absolute atomic E-state index is 5.74. The summed E-state index contributed by atoms with van der Waals surface area (Å²) in [4.78, 5) is 0. The standard InChI is InChI=1S/C13H26N2O2/c1-16-13(17-2)9-12(10-14)15-8-7-11-5-3-4-6-11/h5,12-13,15H,3-4,6-10,14H2,1-2H3. The minimum atomic E-state index is -0.165. The van der Waals surface area contributed by atoms with Gasteiger partial charge in [-0.25, -0.2) is 0 Å². The lowest BCUT2D eigenvalue weighted by Gasteiger charge is -2.21. The van der Waals surface area contributed by atoms with Crippen molar-refractivity contribution in [1.82, 2.24) is 5.32 Å². The third-order valence-electron chi connectivity index (χ3n) is 3.30. The molecule has 0 aromatic rings. The topological polar surface area (TPSA) is 56.5 Å². The minimum Gasteiger partial charge on any atom is -0.356 e. The Hall–Kier alpha value is -0.420. The maximum Gasteiger partial charge on any atom is 0.158 e. The highest BCUT2D eigenvalue weighted by Crippen LogP contribution is 2.19. The molecule has 0 amide bonds. The van der Waals surface area contributed by atoms with Gasteiger partial charge in [-0.1, -0.05) is 11.6 Å². The molecule has 1 atom stereocenters. The fourth-order valence-electron chi connectivity index (χ4n) is 2.19. The van der Waals surface area contributed by atoms with Crippen molar-refractivity contribution in [3.8, 4) is 0 Å². The molecular weight excluding hydrogens is 216 g/mol. The van der Waals surface area contributed by atoms with Crippen molar-refractivity contribution in [2.75, 3.05) is 27.3 Å². The van der Waals surface area contributed by atoms with Crippen molar-refractivity contribution in [1.29, 1.82) is 0 Å². The Morgan fingerprint density at radius 1 is 1.41 bits per heavy atom. The van der Waals surface area contributed by atoms with E-state index in [4.69, 9.17) is 15.2 Å². The highest BCUT2D eigenvalue weighted by molar-refractivity contribution is 5.07. The number of hydrogen-bond donors (Lipinski definition) is 2. The van der Waals surface area contributed by atoms with Crippen LogP contribution in [-0.2, 0) is 9.47 Å². The number of methoxy groups -OCH3 is 2. The van der Waals surface area contributed by atoms with Crippen LogP contribution in [0.15, 0.2) is 11.6 Å². The van der Waals surface area contributed by atoms with Crippen molar-refractivity contribution in [2.45, 2.75) is 44.4 Å². The van der Waals surface area contributed by atoms with Gasteiger partial charge in [0.25, 0.3) is 0 Å². The summed E-state index contributed by atoms with van der Waals surface area (Å²) in [6.45, 7) is 1.61. The third-order valence-corrected chi connectivity index (χ3v) is 3.30. The molecule has 0 radical (unpaired) electrons. The number of nitrogens with two attached hydrogens (primary N) is 1. The van der Waals surface area contributed by atoms with Crippen LogP contribution in [-0.4, -0.2) is 39.6 Å². The molecule has 100 valence electrons. The average molecular weight is 242 g/mol. The first-order valence-electron chi connectivity index (χ1n) is 6.47. The first-order chi connectivity index (χ1) is 8.30. The second kappa shape index (κ2) is 8.64. The SMILES string of the molecule is COC(CC(CN)NCCC1=CCCC1)OC. The van der Waals surface area contributed by atoms with Gasteiger partial charge in [-0.2, -0.15) is 0 Å². The van der Waals surface area contributed by atoms with Gasteiger partial charge < -0.3 is 20.5 Å². The molecule has 1 rings (SSSR count). The fraction of sp³-hybridized carbons (Fsp3) is 0.846. The van der Waals surface area contributed by atoms with Crippen LogP contribution in [0.4, 0.5) is 0 Å². The summed E-state index contributed by atoms with van der Waals surface area (Å²) < 4.78 is 10.4. The quantitative estimate of drug-likeness (QED) is 0.474. The molecule has 4 heteroatoms. The molecule has 0 aromatic heterocycles. The molecule has 1 aliphatic carbocycles. The molecule has 0 aliphatic heterocycles. The van der Waals surface area contributed by atoms with Gasteiger partial charge in [-0.05, 0) is 32.2 Å². The van der Waals surface area contributed by atoms with Gasteiger partial charge in [0.1, 0.15) is 0 Å². The van der Waals surface area contributed by atoms with Gasteiger partial charge in [0.05, 0.1) is 0 Å². The summed E-state index contributed by atoms with van der Waals surface area (Å²) in [6, 6.07) is 0.266. The summed E-state index contributed by atoms with van der Waals surface area (Å²) in [7, 11) is 3.32. The molecular formula is C13H26N2O2. The largest absolute Gasteiger partial charge is 0.356 e. The molecule has 0 saturated heterocycles. The normalized spacial score (nSPS) is 17.5. The van der Waals surface area contributed by atoms with Gasteiger partial charge in [-0.3, -0.25) is 0 Å². The second-order valence-corrected chi connectivity index (χ2v) is 4.53. The van der Waals surface area contributed by atoms with Crippen LogP contribution >= 0.6 is 0 Å². The molecule has 0 heterocycles. The van der Waals surface area contributed by atoms with Crippen molar-refractivity contribution in [3.63, 3.8) is 0 Å². The molecule has 4 nitrogen and oxygen atoms in total. The average Bonchev–Trinajstić information content (AvgIpc) is 2.86. The van der Waals surface area contributed by atoms with Crippen LogP contribution in [0, 0.1) is 0 Å². The van der Waals surface area contributed by atoms with Crippen molar-refractivity contribution in [2.24, 2.45) is 5.73 Å². The molecule has 1 aliphatic rings. The summed E-state index contributed by atoms with van der Waals surface area (Å²) >= 11 is 0. The number of nitrogens with one attached hydrogen (secondary N) is 1. The minimum absolute atomic E-state index is 0.165. The number of ether oxygens (including phenoxy) is 2. The van der Waals surface area contributed by atoms with E-state index >= 15 is 0 Å². The Kier molecular flexibility index (Phi) is 7.44. The van der Waals surface area contributed by atoms with E-state index in [1.807, 2.05) is 0 Å². The predicted molar refractivity (Wildman–Crippen MR) is 69.8 cm³/mol. The van der Waals surface area contributed by atoms with E-state index in [1.165, 1.54) is 19.3 Å². The zero-order valence-electron chi connectivity index (χ0n) is 11.1. The van der Waals surface area contributed by atoms with Gasteiger partial charge in [0.15, 0.2) is 6.29 Å². The van der Waals surface area contributed by atoms with Gasteiger partial charge in [0, 0.05) is 33.2 Å². The van der Waals surface area contributed by atoms with Gasteiger partial charge in [-0.15, -0.1) is 0 Å². The first kappa shape index (κ1) is 14.6. The zero-order valence-corrected chi connectivity index (χ0v) is 11.1. The Bertz CT molecular complexity index is 227. The fourth-order valence-corrected chi connectivity index (χ4v) is 2.19. The monoisotopic (exact) mass is 242 g/mol. The molecule has 3 N–H and O–H groups in total. The summed E-state index contributed by atoms with van der Waals surface area (Å²) in [6.07, 6.45) is 7.99. The van der Waals surface area contributed by atoms with Crippen molar-refractivity contribution < 1.29 is 9.47 Å². The molecule has 0 spiro atoms. The highest BCUT2D eigenvalue weighted by atomic mass is 16.7. The second-order valence-electron chi connectivity index (χ2n) is 4.53. The van der Waals surface area contributed by atoms with E-state index < -0.39 is 0 Å². The van der Waals surface area contributed by atoms with E-state index in [-0.39, 0.29) is 12.3 Å². The predicted octanol–water partition coefficient (Wildman–Crippen LogP) is 1.41. The number of rotatable bonds is 9. The number of allylic oxidation sites excluding steroid dienone is 1. The Morgan fingerprint density at radius 3 is 2.71 bits per heavy atom. The van der Waals surface area contributed by atoms with E-state index in [1.54, 1.807) is 19.8 Å². The summed E-state index contributed by atoms with van der Waals surface area (Å²) in [5.41, 5.74) is 7.32. The van der Waals surface area contributed by atoms with Gasteiger partial charge in [0.2, 0.25) is 0 Å². The van der Waals surface area contributed by atoms with Crippen molar-refractivity contribution in [3.05, 3.63) is 11.6 Å². The van der Waals surface area contributed by atoms with E-state index in [9.17, 15) is 0 Å². The maximum atomic E-state index is 5.74. The third kappa shape index (κ3) is 5.64. The Labute approximate surface area is 105 Å². The van der Waals surface area contributed by atoms with E-state index in [0.717, 1.165) is 19.4 Å². The molecule has 0 fully saturated rings. The Balaban J connectivity index is 2.17. The first-order valence-corrected chi connectivity index (χ1v) is 6.47. The lowest BCUT2D eigenvalue weighted by molar-refractivity contribution is -0.110. The summed E-state index contributed by atoms with van der Waals surface area (Å²) in [5, 5.41) is 3.47. The van der Waals surface area contributed by atoms with Crippen LogP contribution in [0.3, 0.4) is 0 Å². The molecule has 0 saturated carbocycles. The zero-order chi connectivity index (χ0) is 12.5. The lowest BCUT2D eigenvalue weighted by Crippen LogP contribution is -2.40. The highest BCUT2D eigenvalue weighted by Gasteiger charge is 2.14.